The van der Waals surface area contributed by atoms with Crippen LogP contribution >= 0.6 is 11.3 Å². The van der Waals surface area contributed by atoms with Crippen LogP contribution in [0.5, 0.6) is 5.88 Å². The average Bonchev–Trinajstić information content (AvgIpc) is 3.44. The summed E-state index contributed by atoms with van der Waals surface area (Å²) in [5.41, 5.74) is 13.6. The number of para-hydroxylation sites is 1. The van der Waals surface area contributed by atoms with Crippen LogP contribution in [0.2, 0.25) is 0 Å². The Morgan fingerprint density at radius 1 is 1.18 bits per heavy atom. The Balaban J connectivity index is 1.27. The van der Waals surface area contributed by atoms with Crippen molar-refractivity contribution in [1.82, 2.24) is 20.3 Å². The van der Waals surface area contributed by atoms with Crippen molar-refractivity contribution in [3.8, 4) is 16.5 Å². The fourth-order valence-corrected chi connectivity index (χ4v) is 5.71. The number of thiazole rings is 1. The third-order valence-corrected chi connectivity index (χ3v) is 7.89. The van der Waals surface area contributed by atoms with Crippen LogP contribution < -0.4 is 20.7 Å². The highest BCUT2D eigenvalue weighted by molar-refractivity contribution is 7.17. The molecule has 4 aromatic rings. The Morgan fingerprint density at radius 3 is 2.85 bits per heavy atom. The lowest BCUT2D eigenvalue weighted by Crippen LogP contribution is -2.17. The zero-order valence-electron chi connectivity index (χ0n) is 22.6. The average molecular weight is 557 g/mol. The monoisotopic (exact) mass is 556 g/mol. The predicted octanol–water partition coefficient (Wildman–Crippen LogP) is 6.18. The highest BCUT2D eigenvalue weighted by Gasteiger charge is 2.20. The van der Waals surface area contributed by atoms with Gasteiger partial charge in [-0.25, -0.2) is 15.5 Å². The molecule has 0 unspecified atom stereocenters. The zero-order valence-corrected chi connectivity index (χ0v) is 23.4. The number of nitrogens with one attached hydrogen (secondary N) is 4. The van der Waals surface area contributed by atoms with Crippen molar-refractivity contribution in [1.29, 1.82) is 5.53 Å². The molecule has 0 aliphatic heterocycles. The number of aromatic nitrogens is 3. The summed E-state index contributed by atoms with van der Waals surface area (Å²) in [7, 11) is 3.38. The molecule has 40 heavy (non-hydrogen) atoms. The molecule has 10 nitrogen and oxygen atoms in total. The van der Waals surface area contributed by atoms with Crippen molar-refractivity contribution >= 4 is 39.7 Å². The molecule has 0 radical (unpaired) electrons. The molecule has 0 saturated carbocycles. The van der Waals surface area contributed by atoms with Gasteiger partial charge in [-0.1, -0.05) is 18.2 Å². The SMILES string of the molecule is CNC(=O)c1sc(-c2ccnc(NC)c2)nc1OCCC/C(=C/Nc1c2c(nc3ccccc13)CCCC2)N=N. The Morgan fingerprint density at radius 2 is 2.02 bits per heavy atom. The molecule has 1 aliphatic carbocycles. The number of carbonyl (C=O) groups excluding carboxylic acids is 1. The van der Waals surface area contributed by atoms with Crippen LogP contribution in [-0.4, -0.2) is 41.6 Å². The maximum absolute atomic E-state index is 12.5. The number of rotatable bonds is 11. The first-order valence-corrected chi connectivity index (χ1v) is 14.2. The summed E-state index contributed by atoms with van der Waals surface area (Å²) in [5, 5.41) is 14.6. The fraction of sp³-hybridized carbons (Fsp3) is 0.310. The van der Waals surface area contributed by atoms with E-state index in [0.717, 1.165) is 53.5 Å². The second-order valence-corrected chi connectivity index (χ2v) is 10.4. The van der Waals surface area contributed by atoms with Crippen molar-refractivity contribution in [2.75, 3.05) is 31.3 Å². The van der Waals surface area contributed by atoms with Crippen LogP contribution in [0, 0.1) is 5.53 Å². The number of pyridine rings is 2. The van der Waals surface area contributed by atoms with Crippen LogP contribution in [0.1, 0.15) is 46.6 Å². The highest BCUT2D eigenvalue weighted by Crippen LogP contribution is 2.35. The molecule has 3 aromatic heterocycles. The van der Waals surface area contributed by atoms with Gasteiger partial charge in [0.2, 0.25) is 5.88 Å². The topological polar surface area (TPSA) is 137 Å². The van der Waals surface area contributed by atoms with Gasteiger partial charge in [-0.3, -0.25) is 9.78 Å². The molecule has 3 heterocycles. The van der Waals surface area contributed by atoms with E-state index in [9.17, 15) is 4.79 Å². The molecule has 4 N–H and O–H groups in total. The predicted molar refractivity (Wildman–Crippen MR) is 158 cm³/mol. The summed E-state index contributed by atoms with van der Waals surface area (Å²) in [6, 6.07) is 11.9. The van der Waals surface area contributed by atoms with Gasteiger partial charge >= 0.3 is 0 Å². The minimum Gasteiger partial charge on any atom is -0.476 e. The van der Waals surface area contributed by atoms with Crippen LogP contribution in [0.3, 0.4) is 0 Å². The van der Waals surface area contributed by atoms with E-state index in [4.69, 9.17) is 15.3 Å². The van der Waals surface area contributed by atoms with E-state index in [0.29, 0.717) is 46.7 Å². The van der Waals surface area contributed by atoms with E-state index in [1.165, 1.54) is 16.9 Å². The fourth-order valence-electron chi connectivity index (χ4n) is 4.76. The number of ether oxygens (including phenoxy) is 1. The third-order valence-electron chi connectivity index (χ3n) is 6.80. The molecule has 1 aliphatic rings. The standard InChI is InChI=1S/C29H32N8O2S/c1-31-24-16-18(13-14-33-24)29-36-28(26(40-29)27(38)32-2)39-15-7-8-19(37-30)17-34-25-20-9-3-5-11-22(20)35-23-12-6-4-10-21(23)25/h3,5,9,11,13-14,16-17,30H,4,6-8,10,12,15H2,1-2H3,(H,31,33)(H,32,38)(H,34,35)/b19-17-,37-30?. The number of nitrogens with zero attached hydrogens (tertiary/aromatic N) is 4. The van der Waals surface area contributed by atoms with Gasteiger partial charge in [0.15, 0.2) is 4.88 Å². The molecular weight excluding hydrogens is 524 g/mol. The van der Waals surface area contributed by atoms with Gasteiger partial charge in [-0.2, -0.15) is 5.11 Å². The molecule has 0 fully saturated rings. The number of carbonyl (C=O) groups is 1. The van der Waals surface area contributed by atoms with E-state index in [1.54, 1.807) is 20.3 Å². The number of allylic oxidation sites excluding steroid dienone is 1. The molecule has 206 valence electrons. The van der Waals surface area contributed by atoms with Gasteiger partial charge < -0.3 is 20.7 Å². The summed E-state index contributed by atoms with van der Waals surface area (Å²) in [6.07, 6.45) is 8.91. The lowest BCUT2D eigenvalue weighted by atomic mass is 9.92. The molecule has 0 bridgehead atoms. The summed E-state index contributed by atoms with van der Waals surface area (Å²) in [5.74, 6) is 0.757. The first-order chi connectivity index (χ1) is 19.6. The van der Waals surface area contributed by atoms with Gasteiger partial charge in [0.1, 0.15) is 10.8 Å². The molecule has 0 spiro atoms. The first-order valence-electron chi connectivity index (χ1n) is 13.3. The maximum Gasteiger partial charge on any atom is 0.266 e. The summed E-state index contributed by atoms with van der Waals surface area (Å²) in [6.45, 7) is 0.325. The summed E-state index contributed by atoms with van der Waals surface area (Å²) < 4.78 is 5.96. The van der Waals surface area contributed by atoms with Crippen molar-refractivity contribution in [3.05, 3.63) is 70.6 Å². The van der Waals surface area contributed by atoms with Crippen molar-refractivity contribution in [2.45, 2.75) is 38.5 Å². The Kier molecular flexibility index (Phi) is 8.60. The number of anilines is 2. The smallest absolute Gasteiger partial charge is 0.266 e. The summed E-state index contributed by atoms with van der Waals surface area (Å²) >= 11 is 1.27. The maximum atomic E-state index is 12.5. The van der Waals surface area contributed by atoms with Crippen molar-refractivity contribution in [3.63, 3.8) is 0 Å². The van der Waals surface area contributed by atoms with Gasteiger partial charge in [0, 0.05) is 43.1 Å². The number of fused-ring (bicyclic) bond motifs is 2. The van der Waals surface area contributed by atoms with Gasteiger partial charge in [-0.05, 0) is 62.3 Å². The van der Waals surface area contributed by atoms with E-state index >= 15 is 0 Å². The third kappa shape index (κ3) is 5.94. The molecule has 0 atom stereocenters. The number of hydrogen-bond donors (Lipinski definition) is 4. The van der Waals surface area contributed by atoms with E-state index in [1.807, 2.05) is 36.5 Å². The summed E-state index contributed by atoms with van der Waals surface area (Å²) in [4.78, 5) is 26.6. The van der Waals surface area contributed by atoms with Gasteiger partial charge in [0.05, 0.1) is 23.5 Å². The molecule has 11 heteroatoms. The normalized spacial score (nSPS) is 13.0. The van der Waals surface area contributed by atoms with Gasteiger partial charge in [0.25, 0.3) is 5.91 Å². The number of amides is 1. The molecule has 5 rings (SSSR count). The Labute approximate surface area is 236 Å². The number of benzene rings is 1. The Bertz CT molecular complexity index is 1570. The van der Waals surface area contributed by atoms with E-state index < -0.39 is 0 Å². The van der Waals surface area contributed by atoms with Crippen LogP contribution in [-0.2, 0) is 12.8 Å². The van der Waals surface area contributed by atoms with E-state index in [2.05, 4.69) is 37.1 Å². The van der Waals surface area contributed by atoms with E-state index in [-0.39, 0.29) is 5.91 Å². The molecular formula is C29H32N8O2S. The quantitative estimate of drug-likeness (QED) is 0.128. The van der Waals surface area contributed by atoms with Crippen molar-refractivity contribution < 1.29 is 9.53 Å². The lowest BCUT2D eigenvalue weighted by Gasteiger charge is -2.20. The van der Waals surface area contributed by atoms with Crippen LogP contribution in [0.4, 0.5) is 11.5 Å². The second kappa shape index (κ2) is 12.6. The van der Waals surface area contributed by atoms with Crippen LogP contribution in [0.25, 0.3) is 21.5 Å². The largest absolute Gasteiger partial charge is 0.476 e. The minimum absolute atomic E-state index is 0.250. The zero-order chi connectivity index (χ0) is 27.9. The minimum atomic E-state index is -0.250. The molecule has 1 amide bonds. The number of aryl methyl sites for hydroxylation is 1. The second-order valence-electron chi connectivity index (χ2n) is 9.39. The number of hydrogen-bond acceptors (Lipinski definition) is 10. The van der Waals surface area contributed by atoms with Crippen LogP contribution in [0.15, 0.2) is 59.6 Å². The van der Waals surface area contributed by atoms with Gasteiger partial charge in [-0.15, -0.1) is 11.3 Å². The van der Waals surface area contributed by atoms with Crippen molar-refractivity contribution in [2.24, 2.45) is 5.11 Å². The Hall–Kier alpha value is -4.38. The lowest BCUT2D eigenvalue weighted by molar-refractivity contribution is 0.0962. The molecule has 1 aromatic carbocycles. The first kappa shape index (κ1) is 27.2. The highest BCUT2D eigenvalue weighted by atomic mass is 32.1. The molecule has 0 saturated heterocycles.